The van der Waals surface area contributed by atoms with Crippen molar-refractivity contribution in [3.8, 4) is 0 Å². The molecule has 0 aliphatic heterocycles. The van der Waals surface area contributed by atoms with Crippen molar-refractivity contribution < 1.29 is 28.6 Å². The highest BCUT2D eigenvalue weighted by atomic mass is 16.6. The van der Waals surface area contributed by atoms with E-state index < -0.39 is 12.1 Å². The van der Waals surface area contributed by atoms with Gasteiger partial charge < -0.3 is 14.2 Å². The van der Waals surface area contributed by atoms with E-state index in [0.717, 1.165) is 89.9 Å². The van der Waals surface area contributed by atoms with Crippen LogP contribution in [0.1, 0.15) is 233 Å². The van der Waals surface area contributed by atoms with Crippen molar-refractivity contribution in [2.75, 3.05) is 13.2 Å². The number of carbonyl (C=O) groups is 3. The number of hydrogen-bond acceptors (Lipinski definition) is 6. The van der Waals surface area contributed by atoms with Gasteiger partial charge in [0.25, 0.3) is 0 Å². The fourth-order valence-corrected chi connectivity index (χ4v) is 6.94. The number of unbranched alkanes of at least 4 members (excludes halogenated alkanes) is 20. The van der Waals surface area contributed by atoms with Crippen LogP contribution in [0, 0.1) is 0 Å². The highest BCUT2D eigenvalue weighted by molar-refractivity contribution is 5.72. The van der Waals surface area contributed by atoms with Gasteiger partial charge in [-0.2, -0.15) is 0 Å². The van der Waals surface area contributed by atoms with Crippen LogP contribution in [0.25, 0.3) is 0 Å². The summed E-state index contributed by atoms with van der Waals surface area (Å²) in [6.45, 7) is 6.38. The van der Waals surface area contributed by atoms with Crippen LogP contribution in [-0.4, -0.2) is 37.2 Å². The Bertz CT molecular complexity index is 1300. The zero-order chi connectivity index (χ0) is 46.5. The minimum atomic E-state index is -0.832. The van der Waals surface area contributed by atoms with Gasteiger partial charge in [0.2, 0.25) is 0 Å². The van der Waals surface area contributed by atoms with Gasteiger partial charge >= 0.3 is 17.9 Å². The van der Waals surface area contributed by atoms with E-state index in [1.165, 1.54) is 103 Å². The molecule has 0 heterocycles. The molecule has 1 unspecified atom stereocenters. The smallest absolute Gasteiger partial charge is 0.310 e. The summed E-state index contributed by atoms with van der Waals surface area (Å²) in [6.07, 6.45) is 68.6. The molecule has 0 radical (unpaired) electrons. The lowest BCUT2D eigenvalue weighted by Gasteiger charge is -2.18. The van der Waals surface area contributed by atoms with Crippen LogP contribution in [0.4, 0.5) is 0 Å². The summed E-state index contributed by atoms with van der Waals surface area (Å²) in [6, 6.07) is 0. The van der Waals surface area contributed by atoms with Gasteiger partial charge in [-0.3, -0.25) is 14.4 Å². The Kier molecular flexibility index (Phi) is 49.0. The van der Waals surface area contributed by atoms with Crippen molar-refractivity contribution in [1.82, 2.24) is 0 Å². The summed E-state index contributed by atoms with van der Waals surface area (Å²) in [7, 11) is 0. The Labute approximate surface area is 394 Å². The molecule has 6 nitrogen and oxygen atoms in total. The summed E-state index contributed by atoms with van der Waals surface area (Å²) in [5, 5.41) is 0. The SMILES string of the molecule is CC/C=C\C/C=C\C/C=C\C/C=C\C/C=C\CC(=O)OC(COC(=O)CCCCCCCCCC)COC(=O)CCCCCCCCCC/C=C\C/C=C\C/C=C\CCCCCCC. The molecule has 0 rings (SSSR count). The molecule has 0 N–H and O–H groups in total. The summed E-state index contributed by atoms with van der Waals surface area (Å²) in [5.41, 5.74) is 0. The van der Waals surface area contributed by atoms with Crippen molar-refractivity contribution in [1.29, 1.82) is 0 Å². The highest BCUT2D eigenvalue weighted by Crippen LogP contribution is 2.13. The van der Waals surface area contributed by atoms with Crippen molar-refractivity contribution in [2.45, 2.75) is 239 Å². The average Bonchev–Trinajstić information content (AvgIpc) is 3.29. The molecule has 0 amide bonds. The van der Waals surface area contributed by atoms with Crippen molar-refractivity contribution in [3.63, 3.8) is 0 Å². The molecular formula is C58H96O6. The van der Waals surface area contributed by atoms with Gasteiger partial charge in [0, 0.05) is 12.8 Å². The number of rotatable bonds is 46. The van der Waals surface area contributed by atoms with Crippen LogP contribution in [0.2, 0.25) is 0 Å². The molecule has 0 bridgehead atoms. The Morgan fingerprint density at radius 2 is 0.656 bits per heavy atom. The monoisotopic (exact) mass is 889 g/mol. The van der Waals surface area contributed by atoms with E-state index in [1.54, 1.807) is 6.08 Å². The largest absolute Gasteiger partial charge is 0.462 e. The standard InChI is InChI=1S/C58H96O6/c1-4-7-10-13-16-19-21-23-25-26-27-28-29-30-31-32-34-35-37-39-42-45-48-51-57(60)63-54-55(53-62-56(59)50-47-44-41-18-15-12-9-6-3)64-58(61)52-49-46-43-40-38-36-33-24-22-20-17-14-11-8-5-2/h8,11,17,20-21,23-24,26-27,29-30,33,38,40,46,49,55H,4-7,9-10,12-16,18-19,22,25,28,31-32,34-37,39,41-45,47-48,50-54H2,1-3H3/b11-8-,20-17-,23-21-,27-26-,30-29-,33-24-,40-38-,49-46-. The van der Waals surface area contributed by atoms with Crippen molar-refractivity contribution >= 4 is 17.9 Å². The quantitative estimate of drug-likeness (QED) is 0.0262. The topological polar surface area (TPSA) is 78.9 Å². The van der Waals surface area contributed by atoms with Crippen molar-refractivity contribution in [3.05, 3.63) is 97.2 Å². The number of esters is 3. The molecule has 64 heavy (non-hydrogen) atoms. The first kappa shape index (κ1) is 60.3. The predicted molar refractivity (Wildman–Crippen MR) is 274 cm³/mol. The van der Waals surface area contributed by atoms with Crippen LogP contribution < -0.4 is 0 Å². The first-order valence-corrected chi connectivity index (χ1v) is 26.2. The molecular weight excluding hydrogens is 793 g/mol. The molecule has 1 atom stereocenters. The second-order valence-electron chi connectivity index (χ2n) is 17.1. The third-order valence-corrected chi connectivity index (χ3v) is 10.9. The molecule has 0 saturated carbocycles. The number of hydrogen-bond donors (Lipinski definition) is 0. The van der Waals surface area contributed by atoms with E-state index in [4.69, 9.17) is 14.2 Å². The fraction of sp³-hybridized carbons (Fsp3) is 0.672. The normalized spacial score (nSPS) is 12.9. The number of ether oxygens (including phenoxy) is 3. The fourth-order valence-electron chi connectivity index (χ4n) is 6.94. The van der Waals surface area contributed by atoms with Crippen LogP contribution in [0.5, 0.6) is 0 Å². The lowest BCUT2D eigenvalue weighted by atomic mass is 10.1. The van der Waals surface area contributed by atoms with Gasteiger partial charge in [-0.15, -0.1) is 0 Å². The second kappa shape index (κ2) is 52.0. The molecule has 0 aliphatic rings. The molecule has 0 aliphatic carbocycles. The van der Waals surface area contributed by atoms with Gasteiger partial charge in [-0.1, -0.05) is 227 Å². The zero-order valence-corrected chi connectivity index (χ0v) is 41.5. The van der Waals surface area contributed by atoms with E-state index in [1.807, 2.05) is 6.08 Å². The first-order valence-electron chi connectivity index (χ1n) is 26.2. The molecule has 6 heteroatoms. The van der Waals surface area contributed by atoms with Gasteiger partial charge in [0.1, 0.15) is 13.2 Å². The van der Waals surface area contributed by atoms with Gasteiger partial charge in [0.05, 0.1) is 6.42 Å². The van der Waals surface area contributed by atoms with Crippen LogP contribution >= 0.6 is 0 Å². The number of allylic oxidation sites excluding steroid dienone is 15. The molecule has 0 aromatic carbocycles. The molecule has 0 fully saturated rings. The lowest BCUT2D eigenvalue weighted by molar-refractivity contribution is -0.166. The Hall–Kier alpha value is -3.67. The van der Waals surface area contributed by atoms with Crippen LogP contribution in [0.15, 0.2) is 97.2 Å². The number of carbonyl (C=O) groups excluding carboxylic acids is 3. The van der Waals surface area contributed by atoms with Crippen LogP contribution in [0.3, 0.4) is 0 Å². The van der Waals surface area contributed by atoms with Crippen LogP contribution in [-0.2, 0) is 28.6 Å². The van der Waals surface area contributed by atoms with E-state index in [2.05, 4.69) is 106 Å². The second-order valence-corrected chi connectivity index (χ2v) is 17.1. The molecule has 0 aromatic rings. The maximum Gasteiger partial charge on any atom is 0.310 e. The molecule has 0 saturated heterocycles. The third kappa shape index (κ3) is 49.3. The summed E-state index contributed by atoms with van der Waals surface area (Å²) in [5.74, 6) is -1.06. The summed E-state index contributed by atoms with van der Waals surface area (Å²) < 4.78 is 16.6. The van der Waals surface area contributed by atoms with Gasteiger partial charge in [-0.05, 0) is 83.5 Å². The predicted octanol–water partition coefficient (Wildman–Crippen LogP) is 17.4. The first-order chi connectivity index (χ1) is 31.5. The van der Waals surface area contributed by atoms with E-state index in [9.17, 15) is 14.4 Å². The average molecular weight is 889 g/mol. The zero-order valence-electron chi connectivity index (χ0n) is 41.5. The Morgan fingerprint density at radius 1 is 0.344 bits per heavy atom. The maximum absolute atomic E-state index is 12.7. The summed E-state index contributed by atoms with van der Waals surface area (Å²) >= 11 is 0. The minimum Gasteiger partial charge on any atom is -0.462 e. The minimum absolute atomic E-state index is 0.0941. The van der Waals surface area contributed by atoms with Gasteiger partial charge in [0.15, 0.2) is 6.10 Å². The van der Waals surface area contributed by atoms with E-state index in [0.29, 0.717) is 12.8 Å². The summed E-state index contributed by atoms with van der Waals surface area (Å²) in [4.78, 5) is 37.8. The Morgan fingerprint density at radius 3 is 1.03 bits per heavy atom. The maximum atomic E-state index is 12.7. The Balaban J connectivity index is 4.36. The third-order valence-electron chi connectivity index (χ3n) is 10.9. The van der Waals surface area contributed by atoms with Gasteiger partial charge in [-0.25, -0.2) is 0 Å². The molecule has 364 valence electrons. The molecule has 0 spiro atoms. The van der Waals surface area contributed by atoms with E-state index in [-0.39, 0.29) is 31.6 Å². The van der Waals surface area contributed by atoms with E-state index >= 15 is 0 Å². The lowest BCUT2D eigenvalue weighted by Crippen LogP contribution is -2.30. The van der Waals surface area contributed by atoms with Crippen molar-refractivity contribution in [2.24, 2.45) is 0 Å². The molecule has 0 aromatic heterocycles. The highest BCUT2D eigenvalue weighted by Gasteiger charge is 2.19.